The number of hydrogen-bond acceptors (Lipinski definition) is 9. The molecule has 0 aliphatic heterocycles. The van der Waals surface area contributed by atoms with Crippen LogP contribution in [0.5, 0.6) is 11.5 Å². The third kappa shape index (κ3) is 6.56. The monoisotopic (exact) mass is 596 g/mol. The molecular formula is C26H24N6O9S. The Kier molecular flexibility index (Phi) is 8.28. The zero-order valence-electron chi connectivity index (χ0n) is 21.4. The van der Waals surface area contributed by atoms with Gasteiger partial charge in [0.05, 0.1) is 29.4 Å². The first-order valence-electron chi connectivity index (χ1n) is 12.0. The average molecular weight is 597 g/mol. The predicted molar refractivity (Wildman–Crippen MR) is 151 cm³/mol. The van der Waals surface area contributed by atoms with Gasteiger partial charge in [-0.05, 0) is 54.1 Å². The minimum absolute atomic E-state index is 0.0119. The number of nitrogens with two attached hydrogens (primary N) is 1. The third-order valence-corrected chi connectivity index (χ3v) is 6.54. The van der Waals surface area contributed by atoms with Crippen LogP contribution < -0.4 is 15.8 Å². The lowest BCUT2D eigenvalue weighted by molar-refractivity contribution is -0.147. The number of nitrogens with zero attached hydrogens (tertiary/aromatic N) is 1. The molecule has 16 heteroatoms. The summed E-state index contributed by atoms with van der Waals surface area (Å²) in [6.45, 7) is 0. The fraction of sp³-hybridized carbons (Fsp3) is 0.115. The fourth-order valence-electron chi connectivity index (χ4n) is 4.22. The topological polar surface area (TPSA) is 269 Å². The van der Waals surface area contributed by atoms with Gasteiger partial charge in [0.25, 0.3) is 0 Å². The number of anilines is 1. The molecule has 0 aliphatic carbocycles. The van der Waals surface area contributed by atoms with Crippen molar-refractivity contribution in [1.29, 1.82) is 5.41 Å². The molecule has 15 nitrogen and oxygen atoms in total. The molecule has 0 saturated carbocycles. The maximum absolute atomic E-state index is 12.8. The number of aromatic nitrogens is 2. The number of carboxylic acids is 2. The number of carbonyl (C=O) groups excluding carboxylic acids is 1. The lowest BCUT2D eigenvalue weighted by Crippen LogP contribution is -2.42. The summed E-state index contributed by atoms with van der Waals surface area (Å²) in [5.41, 5.74) is 7.17. The number of phenolic OH excluding ortho intramolecular Hbond substituents is 2. The second kappa shape index (κ2) is 11.8. The number of carboxylic acid groups (broad SMARTS) is 2. The molecule has 4 aromatic rings. The number of fused-ring (bicyclic) bond motifs is 1. The van der Waals surface area contributed by atoms with Crippen LogP contribution in [0.1, 0.15) is 17.5 Å². The Balaban J connectivity index is 1.85. The molecule has 1 atom stereocenters. The van der Waals surface area contributed by atoms with Gasteiger partial charge in [0.2, 0.25) is 16.8 Å². The van der Waals surface area contributed by atoms with Crippen LogP contribution in [0.2, 0.25) is 0 Å². The molecule has 0 unspecified atom stereocenters. The highest BCUT2D eigenvalue weighted by molar-refractivity contribution is 7.73. The zero-order chi connectivity index (χ0) is 30.7. The molecule has 0 fully saturated rings. The van der Waals surface area contributed by atoms with Crippen molar-refractivity contribution >= 4 is 51.3 Å². The van der Waals surface area contributed by atoms with E-state index in [9.17, 15) is 38.1 Å². The molecule has 0 spiro atoms. The van der Waals surface area contributed by atoms with Crippen molar-refractivity contribution in [2.75, 3.05) is 4.72 Å². The minimum Gasteiger partial charge on any atom is -0.507 e. The number of imidazole rings is 1. The van der Waals surface area contributed by atoms with E-state index in [2.05, 4.69) is 20.0 Å². The molecule has 0 bridgehead atoms. The number of amides is 1. The van der Waals surface area contributed by atoms with Crippen molar-refractivity contribution in [2.45, 2.75) is 18.9 Å². The highest BCUT2D eigenvalue weighted by Gasteiger charge is 2.24. The second-order valence-corrected chi connectivity index (χ2v) is 9.84. The zero-order valence-corrected chi connectivity index (χ0v) is 22.3. The van der Waals surface area contributed by atoms with Gasteiger partial charge in [0.1, 0.15) is 29.2 Å². The molecule has 1 amide bonds. The molecule has 218 valence electrons. The van der Waals surface area contributed by atoms with Gasteiger partial charge >= 0.3 is 11.9 Å². The first kappa shape index (κ1) is 29.3. The van der Waals surface area contributed by atoms with Crippen LogP contribution in [0.15, 0.2) is 48.5 Å². The summed E-state index contributed by atoms with van der Waals surface area (Å²) >= 11 is 0. The van der Waals surface area contributed by atoms with Gasteiger partial charge in [0.15, 0.2) is 0 Å². The number of nitrogen functional groups attached to an aromatic ring is 1. The Morgan fingerprint density at radius 3 is 2.36 bits per heavy atom. The summed E-state index contributed by atoms with van der Waals surface area (Å²) in [4.78, 5) is 42.7. The Hall–Kier alpha value is -5.64. The minimum atomic E-state index is -3.05. The van der Waals surface area contributed by atoms with E-state index in [1.54, 1.807) is 18.2 Å². The van der Waals surface area contributed by atoms with Gasteiger partial charge in [-0.2, -0.15) is 0 Å². The van der Waals surface area contributed by atoms with E-state index in [0.717, 1.165) is 0 Å². The standard InChI is InChI=1S/C26H24N6O9S/c27-24(28)12-1-3-17-18(8-12)31-25(30-17)16-6-11(7-21(34)29-19(26(38)39)10-22(35)36)5-15(23(16)37)14-9-13(32-42(40)41)2-4-20(14)33/h1-6,8-9,19,33,37,42H,7,10H2,(H3,27,28)(H,29,34)(H,30,31)(H,35,36)(H,38,39)(H,32,40,41)/t19-/m1/s1. The van der Waals surface area contributed by atoms with Crippen molar-refractivity contribution < 1.29 is 43.2 Å². The van der Waals surface area contributed by atoms with Crippen LogP contribution in [-0.2, 0) is 31.7 Å². The maximum Gasteiger partial charge on any atom is 0.326 e. The molecule has 1 heterocycles. The number of aromatic amines is 1. The molecular weight excluding hydrogens is 572 g/mol. The third-order valence-electron chi connectivity index (χ3n) is 6.10. The van der Waals surface area contributed by atoms with E-state index in [1.807, 2.05) is 0 Å². The first-order chi connectivity index (χ1) is 19.8. The number of carbonyl (C=O) groups is 3. The number of H-pyrrole nitrogens is 1. The number of amidine groups is 1. The van der Waals surface area contributed by atoms with Crippen molar-refractivity contribution in [3.05, 3.63) is 59.7 Å². The normalized spacial score (nSPS) is 11.7. The smallest absolute Gasteiger partial charge is 0.326 e. The number of nitrogens with one attached hydrogen (secondary N) is 4. The van der Waals surface area contributed by atoms with E-state index >= 15 is 0 Å². The highest BCUT2D eigenvalue weighted by Crippen LogP contribution is 2.43. The number of thiol groups is 1. The van der Waals surface area contributed by atoms with Gasteiger partial charge in [-0.15, -0.1) is 0 Å². The van der Waals surface area contributed by atoms with Crippen molar-refractivity contribution in [2.24, 2.45) is 5.73 Å². The fourth-order valence-corrected chi connectivity index (χ4v) is 4.57. The predicted octanol–water partition coefficient (Wildman–Crippen LogP) is 1.12. The van der Waals surface area contributed by atoms with Gasteiger partial charge in [-0.3, -0.25) is 19.7 Å². The second-order valence-electron chi connectivity index (χ2n) is 9.10. The summed E-state index contributed by atoms with van der Waals surface area (Å²) in [6, 6.07) is 9.53. The van der Waals surface area contributed by atoms with Gasteiger partial charge in [-0.1, -0.05) is 0 Å². The number of hydrogen-bond donors (Lipinski definition) is 10. The number of aromatic hydroxyl groups is 2. The molecule has 3 aromatic carbocycles. The van der Waals surface area contributed by atoms with Crippen LogP contribution in [0.4, 0.5) is 5.69 Å². The Labute approximate surface area is 238 Å². The Bertz CT molecular complexity index is 1820. The van der Waals surface area contributed by atoms with E-state index in [-0.39, 0.29) is 45.4 Å². The van der Waals surface area contributed by atoms with Crippen LogP contribution >= 0.6 is 0 Å². The average Bonchev–Trinajstić information content (AvgIpc) is 3.33. The summed E-state index contributed by atoms with van der Waals surface area (Å²) in [5, 5.41) is 50.0. The van der Waals surface area contributed by atoms with E-state index in [1.165, 1.54) is 30.3 Å². The molecule has 42 heavy (non-hydrogen) atoms. The van der Waals surface area contributed by atoms with Gasteiger partial charge in [0, 0.05) is 22.4 Å². The Morgan fingerprint density at radius 2 is 1.71 bits per heavy atom. The van der Waals surface area contributed by atoms with Crippen molar-refractivity contribution in [3.8, 4) is 34.0 Å². The molecule has 10 N–H and O–H groups in total. The quantitative estimate of drug-likeness (QED) is 0.0507. The van der Waals surface area contributed by atoms with Crippen molar-refractivity contribution in [1.82, 2.24) is 15.3 Å². The van der Waals surface area contributed by atoms with Gasteiger partial charge < -0.3 is 36.5 Å². The molecule has 4 rings (SSSR count). The van der Waals surface area contributed by atoms with E-state index in [0.29, 0.717) is 16.6 Å². The molecule has 1 aromatic heterocycles. The maximum atomic E-state index is 12.8. The number of aliphatic carboxylic acids is 2. The Morgan fingerprint density at radius 1 is 1.00 bits per heavy atom. The lowest BCUT2D eigenvalue weighted by Gasteiger charge is -2.16. The summed E-state index contributed by atoms with van der Waals surface area (Å²) in [5.74, 6) is -4.63. The lowest BCUT2D eigenvalue weighted by atomic mass is 9.95. The van der Waals surface area contributed by atoms with Crippen LogP contribution in [0.3, 0.4) is 0 Å². The van der Waals surface area contributed by atoms with Crippen molar-refractivity contribution in [3.63, 3.8) is 0 Å². The number of phenols is 2. The highest BCUT2D eigenvalue weighted by atomic mass is 32.2. The number of benzene rings is 3. The van der Waals surface area contributed by atoms with Crippen LogP contribution in [-0.4, -0.2) is 68.5 Å². The first-order valence-corrected chi connectivity index (χ1v) is 13.2. The van der Waals surface area contributed by atoms with E-state index in [4.69, 9.17) is 16.2 Å². The molecule has 0 radical (unpaired) electrons. The van der Waals surface area contributed by atoms with E-state index < -0.39 is 53.4 Å². The molecule has 0 aliphatic rings. The summed E-state index contributed by atoms with van der Waals surface area (Å²) < 4.78 is 24.6. The SMILES string of the molecule is N=C(N)c1ccc2[nH]c(-c3cc(CC(=O)N[C@H](CC(=O)O)C(=O)O)cc(-c4cc(N[SH](=O)=O)ccc4O)c3O)nc2c1. The van der Waals surface area contributed by atoms with Gasteiger partial charge in [-0.25, -0.2) is 18.2 Å². The van der Waals surface area contributed by atoms with Crippen LogP contribution in [0, 0.1) is 5.41 Å². The number of rotatable bonds is 11. The molecule has 0 saturated heterocycles. The van der Waals surface area contributed by atoms with Crippen LogP contribution in [0.25, 0.3) is 33.5 Å². The largest absolute Gasteiger partial charge is 0.507 e. The summed E-state index contributed by atoms with van der Waals surface area (Å²) in [6.07, 6.45) is -1.33. The summed E-state index contributed by atoms with van der Waals surface area (Å²) in [7, 11) is -3.05.